The molecule has 0 saturated carbocycles. The molecule has 3 rings (SSSR count). The van der Waals surface area contributed by atoms with Gasteiger partial charge in [-0.15, -0.1) is 0 Å². The molecule has 3 aromatic rings. The first kappa shape index (κ1) is 15.7. The Balaban J connectivity index is 2.46. The van der Waals surface area contributed by atoms with Crippen LogP contribution in [0.3, 0.4) is 0 Å². The monoisotopic (exact) mass is 330 g/mol. The summed E-state index contributed by atoms with van der Waals surface area (Å²) in [5.74, 6) is -1.29. The Bertz CT molecular complexity index is 1070. The third-order valence-corrected chi connectivity index (χ3v) is 3.73. The second-order valence-electron chi connectivity index (χ2n) is 5.43. The number of aliphatic hydroxyl groups is 1. The van der Waals surface area contributed by atoms with Crippen molar-refractivity contribution in [1.82, 2.24) is 0 Å². The van der Waals surface area contributed by atoms with E-state index >= 15 is 0 Å². The van der Waals surface area contributed by atoms with Crippen LogP contribution in [0.1, 0.15) is 12.5 Å². The van der Waals surface area contributed by atoms with E-state index in [9.17, 15) is 24.9 Å². The Labute approximate surface area is 135 Å². The fraction of sp³-hybridized carbons (Fsp3) is 0.176. The lowest BCUT2D eigenvalue weighted by molar-refractivity contribution is 0.262. The van der Waals surface area contributed by atoms with Crippen molar-refractivity contribution in [3.8, 4) is 17.6 Å². The van der Waals surface area contributed by atoms with Crippen molar-refractivity contribution in [3.05, 3.63) is 50.0 Å². The summed E-state index contributed by atoms with van der Waals surface area (Å²) >= 11 is 0. The van der Waals surface area contributed by atoms with Crippen LogP contribution < -0.4 is 15.6 Å². The number of aliphatic hydroxyl groups excluding tert-OH is 1. The molecular weight excluding hydrogens is 316 g/mol. The minimum Gasteiger partial charge on any atom is -0.513 e. The van der Waals surface area contributed by atoms with Gasteiger partial charge in [-0.05, 0) is 31.6 Å². The van der Waals surface area contributed by atoms with Gasteiger partial charge in [0.1, 0.15) is 23.1 Å². The molecule has 0 aliphatic carbocycles. The van der Waals surface area contributed by atoms with Crippen molar-refractivity contribution in [2.75, 3.05) is 6.61 Å². The Morgan fingerprint density at radius 2 is 1.67 bits per heavy atom. The van der Waals surface area contributed by atoms with Gasteiger partial charge in [-0.25, -0.2) is 0 Å². The van der Waals surface area contributed by atoms with Gasteiger partial charge in [0.15, 0.2) is 10.9 Å². The number of rotatable bonds is 3. The molecular formula is C17H14O7. The molecule has 2 aromatic carbocycles. The number of hydrogen-bond donors (Lipinski definition) is 3. The molecule has 0 aliphatic heterocycles. The van der Waals surface area contributed by atoms with E-state index in [1.807, 2.05) is 0 Å². The SMILES string of the molecule is C/C(O)=C/COc1cc(=O)c2c(O)oc(O)c3c(=O)cc(C)c1c32. The van der Waals surface area contributed by atoms with E-state index < -0.39 is 22.8 Å². The van der Waals surface area contributed by atoms with Crippen LogP contribution >= 0.6 is 0 Å². The normalized spacial score (nSPS) is 12.2. The standard InChI is InChI=1S/C17H14O7/c1-7-5-9(19)13-15-12(7)11(23-4-3-8(2)18)6-10(20)14(15)17(22)24-16(13)21/h3,5-6,18,21-22H,4H2,1-2H3/b8-3-. The third-order valence-electron chi connectivity index (χ3n) is 3.73. The second-order valence-corrected chi connectivity index (χ2v) is 5.43. The molecule has 0 saturated heterocycles. The van der Waals surface area contributed by atoms with E-state index in [0.29, 0.717) is 10.9 Å². The van der Waals surface area contributed by atoms with Crippen LogP contribution in [0.2, 0.25) is 0 Å². The molecule has 24 heavy (non-hydrogen) atoms. The van der Waals surface area contributed by atoms with Gasteiger partial charge in [0.05, 0.1) is 5.76 Å². The molecule has 124 valence electrons. The number of ether oxygens (including phenoxy) is 1. The zero-order valence-corrected chi connectivity index (χ0v) is 12.9. The summed E-state index contributed by atoms with van der Waals surface area (Å²) in [6, 6.07) is 2.45. The van der Waals surface area contributed by atoms with Crippen molar-refractivity contribution >= 4 is 21.5 Å². The molecule has 0 bridgehead atoms. The van der Waals surface area contributed by atoms with Crippen molar-refractivity contribution in [3.63, 3.8) is 0 Å². The first-order chi connectivity index (χ1) is 11.3. The summed E-state index contributed by atoms with van der Waals surface area (Å²) in [5.41, 5.74) is -0.630. The van der Waals surface area contributed by atoms with Crippen LogP contribution in [0.15, 0.2) is 38.0 Å². The fourth-order valence-electron chi connectivity index (χ4n) is 2.72. The summed E-state index contributed by atoms with van der Waals surface area (Å²) < 4.78 is 10.2. The average Bonchev–Trinajstić information content (AvgIpc) is 2.45. The maximum Gasteiger partial charge on any atom is 0.296 e. The van der Waals surface area contributed by atoms with E-state index in [-0.39, 0.29) is 34.3 Å². The van der Waals surface area contributed by atoms with Gasteiger partial charge < -0.3 is 24.5 Å². The number of hydrogen-bond acceptors (Lipinski definition) is 7. The van der Waals surface area contributed by atoms with Crippen LogP contribution in [-0.4, -0.2) is 21.9 Å². The number of aromatic hydroxyl groups is 2. The minimum absolute atomic E-state index is 0.00596. The zero-order chi connectivity index (χ0) is 17.6. The van der Waals surface area contributed by atoms with Gasteiger partial charge in [0.2, 0.25) is 0 Å². The topological polar surface area (TPSA) is 117 Å². The smallest absolute Gasteiger partial charge is 0.296 e. The quantitative estimate of drug-likeness (QED) is 0.631. The first-order valence-electron chi connectivity index (χ1n) is 7.08. The van der Waals surface area contributed by atoms with E-state index in [1.165, 1.54) is 25.1 Å². The zero-order valence-electron chi connectivity index (χ0n) is 12.9. The lowest BCUT2D eigenvalue weighted by atomic mass is 9.97. The van der Waals surface area contributed by atoms with Crippen molar-refractivity contribution in [2.45, 2.75) is 13.8 Å². The molecule has 3 N–H and O–H groups in total. The van der Waals surface area contributed by atoms with E-state index in [1.54, 1.807) is 6.92 Å². The van der Waals surface area contributed by atoms with Crippen molar-refractivity contribution in [2.24, 2.45) is 0 Å². The summed E-state index contributed by atoms with van der Waals surface area (Å²) in [7, 11) is 0. The Morgan fingerprint density at radius 1 is 1.08 bits per heavy atom. The summed E-state index contributed by atoms with van der Waals surface area (Å²) in [6.45, 7) is 3.14. The predicted molar refractivity (Wildman–Crippen MR) is 87.4 cm³/mol. The molecule has 0 spiro atoms. The molecule has 7 heteroatoms. The molecule has 0 aliphatic rings. The first-order valence-corrected chi connectivity index (χ1v) is 7.08. The summed E-state index contributed by atoms with van der Waals surface area (Å²) in [6.07, 6.45) is 1.41. The average molecular weight is 330 g/mol. The van der Waals surface area contributed by atoms with Crippen molar-refractivity contribution in [1.29, 1.82) is 0 Å². The summed E-state index contributed by atoms with van der Waals surface area (Å²) in [5, 5.41) is 29.0. The highest BCUT2D eigenvalue weighted by Gasteiger charge is 2.22. The maximum atomic E-state index is 12.3. The number of benzene rings is 2. The Kier molecular flexibility index (Phi) is 3.56. The lowest BCUT2D eigenvalue weighted by Crippen LogP contribution is -2.10. The molecule has 0 amide bonds. The van der Waals surface area contributed by atoms with Crippen LogP contribution in [0.25, 0.3) is 21.5 Å². The Morgan fingerprint density at radius 3 is 2.25 bits per heavy atom. The highest BCUT2D eigenvalue weighted by atomic mass is 16.5. The number of aryl methyl sites for hydroxylation is 1. The highest BCUT2D eigenvalue weighted by Crippen LogP contribution is 2.39. The largest absolute Gasteiger partial charge is 0.513 e. The summed E-state index contributed by atoms with van der Waals surface area (Å²) in [4.78, 5) is 24.5. The van der Waals surface area contributed by atoms with Crippen LogP contribution in [0.5, 0.6) is 17.6 Å². The van der Waals surface area contributed by atoms with Gasteiger partial charge in [0.25, 0.3) is 11.9 Å². The van der Waals surface area contributed by atoms with Gasteiger partial charge >= 0.3 is 0 Å². The molecule has 1 heterocycles. The molecule has 1 aromatic heterocycles. The maximum absolute atomic E-state index is 12.3. The minimum atomic E-state index is -0.766. The molecule has 0 unspecified atom stereocenters. The molecule has 0 radical (unpaired) electrons. The fourth-order valence-corrected chi connectivity index (χ4v) is 2.72. The molecule has 0 atom stereocenters. The van der Waals surface area contributed by atoms with E-state index in [0.717, 1.165) is 0 Å². The molecule has 7 nitrogen and oxygen atoms in total. The number of allylic oxidation sites excluding steroid dienone is 1. The second kappa shape index (κ2) is 5.45. The highest BCUT2D eigenvalue weighted by molar-refractivity contribution is 6.15. The molecule has 0 fully saturated rings. The van der Waals surface area contributed by atoms with E-state index in [2.05, 4.69) is 0 Å². The van der Waals surface area contributed by atoms with Crippen molar-refractivity contribution < 1.29 is 24.5 Å². The lowest BCUT2D eigenvalue weighted by Gasteiger charge is -2.13. The van der Waals surface area contributed by atoms with Crippen LogP contribution in [0, 0.1) is 6.92 Å². The third kappa shape index (κ3) is 2.30. The van der Waals surface area contributed by atoms with Crippen LogP contribution in [-0.2, 0) is 0 Å². The van der Waals surface area contributed by atoms with Gasteiger partial charge in [0, 0.05) is 16.8 Å². The van der Waals surface area contributed by atoms with E-state index in [4.69, 9.17) is 9.15 Å². The van der Waals surface area contributed by atoms with Crippen LogP contribution in [0.4, 0.5) is 0 Å². The Hall–Kier alpha value is -3.22. The van der Waals surface area contributed by atoms with Gasteiger partial charge in [-0.2, -0.15) is 0 Å². The van der Waals surface area contributed by atoms with Gasteiger partial charge in [-0.1, -0.05) is 0 Å². The predicted octanol–water partition coefficient (Wildman–Crippen LogP) is 2.30. The van der Waals surface area contributed by atoms with Gasteiger partial charge in [-0.3, -0.25) is 9.59 Å².